The number of hydrogen-bond acceptors (Lipinski definition) is 7. The van der Waals surface area contributed by atoms with Gasteiger partial charge in [-0.3, -0.25) is 14.4 Å². The van der Waals surface area contributed by atoms with Crippen LogP contribution in [0.15, 0.2) is 200 Å². The minimum Gasteiger partial charge on any atom is -0.445 e. The van der Waals surface area contributed by atoms with E-state index in [0.29, 0.717) is 0 Å². The lowest BCUT2D eigenvalue weighted by molar-refractivity contribution is -0.118. The molecule has 7 aromatic carbocycles. The van der Waals surface area contributed by atoms with Gasteiger partial charge in [0.15, 0.2) is 0 Å². The molecule has 0 radical (unpaired) electrons. The predicted molar refractivity (Wildman–Crippen MR) is 258 cm³/mol. The van der Waals surface area contributed by atoms with E-state index in [1.807, 2.05) is 182 Å². The van der Waals surface area contributed by atoms with Crippen LogP contribution >= 0.6 is 0 Å². The first-order chi connectivity index (χ1) is 32.8. The van der Waals surface area contributed by atoms with Crippen molar-refractivity contribution in [1.82, 2.24) is 16.0 Å². The Morgan fingerprint density at radius 3 is 1.13 bits per heavy atom. The highest BCUT2D eigenvalue weighted by Gasteiger charge is 2.26. The van der Waals surface area contributed by atoms with Crippen molar-refractivity contribution in [3.63, 3.8) is 0 Å². The Kier molecular flexibility index (Phi) is 16.6. The van der Waals surface area contributed by atoms with Crippen molar-refractivity contribution >= 4 is 41.3 Å². The Balaban J connectivity index is 1.15. The van der Waals surface area contributed by atoms with E-state index in [0.717, 1.165) is 33.4 Å². The van der Waals surface area contributed by atoms with Crippen molar-refractivity contribution in [2.45, 2.75) is 44.1 Å². The normalized spacial score (nSPS) is 11.6. The first kappa shape index (κ1) is 46.5. The summed E-state index contributed by atoms with van der Waals surface area (Å²) in [6.07, 6.45) is -1.37. The predicted octanol–water partition coefficient (Wildman–Crippen LogP) is 9.20. The molecule has 0 aliphatic heterocycles. The molecule has 12 heteroatoms. The van der Waals surface area contributed by atoms with E-state index in [4.69, 9.17) is 9.47 Å². The second-order valence-electron chi connectivity index (χ2n) is 15.8. The van der Waals surface area contributed by atoms with Crippen LogP contribution in [0.25, 0.3) is 0 Å². The number of benzene rings is 7. The summed E-state index contributed by atoms with van der Waals surface area (Å²) in [5.41, 5.74) is 5.54. The Hall–Kier alpha value is -8.51. The van der Waals surface area contributed by atoms with Gasteiger partial charge in [0, 0.05) is 42.2 Å². The lowest BCUT2D eigenvalue weighted by Crippen LogP contribution is -2.45. The van der Waals surface area contributed by atoms with E-state index in [1.54, 1.807) is 0 Å². The molecule has 0 aliphatic carbocycles. The lowest BCUT2D eigenvalue weighted by Gasteiger charge is -2.21. The van der Waals surface area contributed by atoms with Gasteiger partial charge in [-0.2, -0.15) is 0 Å². The van der Waals surface area contributed by atoms with Crippen LogP contribution in [0.4, 0.5) is 21.0 Å². The number of carbonyl (C=O) groups is 5. The molecular formula is C55H51N5O7. The number of ether oxygens (including phenoxy) is 2. The van der Waals surface area contributed by atoms with E-state index in [2.05, 4.69) is 26.6 Å². The standard InChI is InChI=1S/C55H51N5O7/c61-51(56-36-48(43-27-15-5-16-28-43)44-29-17-6-18-30-44)45-33-46(57-52(62)49(31-39-19-7-1-8-20-39)59-54(64)66-37-41-23-11-3-12-24-41)35-47(34-45)58-53(63)50(32-40-21-9-2-10-22-40)60-55(65)67-38-42-25-13-4-14-26-42/h1-30,33-35,48-50H,31-32,36-38H2,(H,56,61)(H,57,62)(H,58,63)(H,59,64)(H,60,65)/t49-,50-/m0/s1. The van der Waals surface area contributed by atoms with Crippen molar-refractivity contribution < 1.29 is 33.4 Å². The van der Waals surface area contributed by atoms with Crippen LogP contribution in [0.3, 0.4) is 0 Å². The summed E-state index contributed by atoms with van der Waals surface area (Å²) >= 11 is 0. The van der Waals surface area contributed by atoms with E-state index in [1.165, 1.54) is 18.2 Å². The Morgan fingerprint density at radius 1 is 0.418 bits per heavy atom. The zero-order valence-corrected chi connectivity index (χ0v) is 36.7. The van der Waals surface area contributed by atoms with E-state index in [-0.39, 0.29) is 55.5 Å². The van der Waals surface area contributed by atoms with Gasteiger partial charge in [0.1, 0.15) is 25.3 Å². The molecule has 5 N–H and O–H groups in total. The maximum absolute atomic E-state index is 14.2. The summed E-state index contributed by atoms with van der Waals surface area (Å²) in [5, 5.41) is 14.2. The van der Waals surface area contributed by atoms with Crippen LogP contribution in [0, 0.1) is 0 Å². The molecule has 0 saturated heterocycles. The fourth-order valence-corrected chi connectivity index (χ4v) is 7.39. The third kappa shape index (κ3) is 14.5. The second-order valence-corrected chi connectivity index (χ2v) is 15.8. The molecule has 0 fully saturated rings. The maximum atomic E-state index is 14.2. The van der Waals surface area contributed by atoms with Gasteiger partial charge in [-0.25, -0.2) is 9.59 Å². The number of rotatable bonds is 19. The lowest BCUT2D eigenvalue weighted by atomic mass is 9.91. The van der Waals surface area contributed by atoms with Crippen molar-refractivity contribution in [2.75, 3.05) is 17.2 Å². The number of alkyl carbamates (subject to hydrolysis) is 2. The van der Waals surface area contributed by atoms with Crippen LogP contribution in [0.5, 0.6) is 0 Å². The molecule has 2 atom stereocenters. The van der Waals surface area contributed by atoms with Crippen molar-refractivity contribution in [3.05, 3.63) is 239 Å². The third-order valence-corrected chi connectivity index (χ3v) is 10.8. The third-order valence-electron chi connectivity index (χ3n) is 10.8. The fraction of sp³-hybridized carbons (Fsp3) is 0.145. The quantitative estimate of drug-likeness (QED) is 0.0541. The molecule has 7 aromatic rings. The first-order valence-corrected chi connectivity index (χ1v) is 21.9. The maximum Gasteiger partial charge on any atom is 0.408 e. The van der Waals surface area contributed by atoms with Crippen LogP contribution in [0.1, 0.15) is 49.7 Å². The zero-order valence-electron chi connectivity index (χ0n) is 36.7. The van der Waals surface area contributed by atoms with Gasteiger partial charge in [-0.15, -0.1) is 0 Å². The van der Waals surface area contributed by atoms with E-state index >= 15 is 0 Å². The molecule has 67 heavy (non-hydrogen) atoms. The number of amides is 5. The summed E-state index contributed by atoms with van der Waals surface area (Å²) in [5.74, 6) is -1.87. The molecule has 5 amide bonds. The molecule has 0 spiro atoms. The van der Waals surface area contributed by atoms with Gasteiger partial charge < -0.3 is 36.1 Å². The van der Waals surface area contributed by atoms with Gasteiger partial charge in [0.2, 0.25) is 11.8 Å². The monoisotopic (exact) mass is 893 g/mol. The fourth-order valence-electron chi connectivity index (χ4n) is 7.39. The van der Waals surface area contributed by atoms with E-state index < -0.39 is 42.0 Å². The average molecular weight is 894 g/mol. The zero-order chi connectivity index (χ0) is 46.6. The molecule has 0 heterocycles. The number of nitrogens with one attached hydrogen (secondary N) is 5. The summed E-state index contributed by atoms with van der Waals surface area (Å²) in [7, 11) is 0. The first-order valence-electron chi connectivity index (χ1n) is 21.9. The van der Waals surface area contributed by atoms with Gasteiger partial charge in [0.05, 0.1) is 0 Å². The highest BCUT2D eigenvalue weighted by Crippen LogP contribution is 2.25. The Bertz CT molecular complexity index is 2520. The summed E-state index contributed by atoms with van der Waals surface area (Å²) in [6.45, 7) is 0.215. The van der Waals surface area contributed by atoms with Crippen molar-refractivity contribution in [1.29, 1.82) is 0 Å². The minimum absolute atomic E-state index is 0.00710. The Labute approximate surface area is 389 Å². The highest BCUT2D eigenvalue weighted by atomic mass is 16.6. The van der Waals surface area contributed by atoms with Crippen LogP contribution < -0.4 is 26.6 Å². The molecular weight excluding hydrogens is 843 g/mol. The average Bonchev–Trinajstić information content (AvgIpc) is 3.36. The molecule has 12 nitrogen and oxygen atoms in total. The van der Waals surface area contributed by atoms with Crippen molar-refractivity contribution in [3.8, 4) is 0 Å². The smallest absolute Gasteiger partial charge is 0.408 e. The van der Waals surface area contributed by atoms with Crippen LogP contribution in [-0.4, -0.2) is 48.5 Å². The number of hydrogen-bond donors (Lipinski definition) is 5. The van der Waals surface area contributed by atoms with Crippen molar-refractivity contribution in [2.24, 2.45) is 0 Å². The molecule has 0 aromatic heterocycles. The summed E-state index contributed by atoms with van der Waals surface area (Å²) in [6, 6.07) is 58.6. The Morgan fingerprint density at radius 2 is 0.761 bits per heavy atom. The van der Waals surface area contributed by atoms with E-state index in [9.17, 15) is 24.0 Å². The highest BCUT2D eigenvalue weighted by molar-refractivity contribution is 6.03. The molecule has 0 saturated carbocycles. The second kappa shape index (κ2) is 24.0. The largest absolute Gasteiger partial charge is 0.445 e. The topological polar surface area (TPSA) is 164 Å². The SMILES string of the molecule is O=C(N[C@@H](Cc1ccccc1)C(=O)Nc1cc(NC(=O)[C@H](Cc2ccccc2)NC(=O)OCc2ccccc2)cc(C(=O)NCC(c2ccccc2)c2ccccc2)c1)OCc1ccccc1. The molecule has 7 rings (SSSR count). The number of anilines is 2. The van der Waals surface area contributed by atoms with Crippen LogP contribution in [0.2, 0.25) is 0 Å². The van der Waals surface area contributed by atoms with Gasteiger partial charge in [-0.1, -0.05) is 182 Å². The molecule has 0 bridgehead atoms. The summed E-state index contributed by atoms with van der Waals surface area (Å²) in [4.78, 5) is 69.0. The molecule has 0 unspecified atom stereocenters. The van der Waals surface area contributed by atoms with Crippen LogP contribution in [-0.2, 0) is 45.1 Å². The molecule has 338 valence electrons. The van der Waals surface area contributed by atoms with Gasteiger partial charge in [0.25, 0.3) is 5.91 Å². The molecule has 0 aliphatic rings. The van der Waals surface area contributed by atoms with Gasteiger partial charge in [-0.05, 0) is 51.6 Å². The minimum atomic E-state index is -1.11. The summed E-state index contributed by atoms with van der Waals surface area (Å²) < 4.78 is 11.0. The number of carbonyl (C=O) groups excluding carboxylic acids is 5. The van der Waals surface area contributed by atoms with Gasteiger partial charge >= 0.3 is 12.2 Å².